The quantitative estimate of drug-likeness (QED) is 0.888. The number of hydrogen-bond donors (Lipinski definition) is 1. The molecule has 0 bridgehead atoms. The van der Waals surface area contributed by atoms with E-state index in [-0.39, 0.29) is 18.0 Å². The van der Waals surface area contributed by atoms with Crippen molar-refractivity contribution in [3.63, 3.8) is 0 Å². The van der Waals surface area contributed by atoms with Gasteiger partial charge in [-0.2, -0.15) is 10.5 Å². The Bertz CT molecular complexity index is 538. The fourth-order valence-electron chi connectivity index (χ4n) is 1.72. The van der Waals surface area contributed by atoms with E-state index in [0.717, 1.165) is 0 Å². The summed E-state index contributed by atoms with van der Waals surface area (Å²) in [5.41, 5.74) is 1.21. The smallest absolute Gasteiger partial charge is 0.241 e. The third-order valence-electron chi connectivity index (χ3n) is 3.35. The molecule has 0 heterocycles. The molecule has 5 nitrogen and oxygen atoms in total. The lowest BCUT2D eigenvalue weighted by atomic mass is 10.1. The van der Waals surface area contributed by atoms with E-state index >= 15 is 0 Å². The predicted molar refractivity (Wildman–Crippen MR) is 76.7 cm³/mol. The van der Waals surface area contributed by atoms with Crippen molar-refractivity contribution in [1.82, 2.24) is 4.90 Å². The minimum absolute atomic E-state index is 0.0155. The Morgan fingerprint density at radius 2 is 1.90 bits per heavy atom. The Morgan fingerprint density at radius 1 is 1.30 bits per heavy atom. The number of nitriles is 2. The van der Waals surface area contributed by atoms with E-state index in [1.54, 1.807) is 31.2 Å². The van der Waals surface area contributed by atoms with Gasteiger partial charge in [0.05, 0.1) is 30.2 Å². The number of nitrogens with one attached hydrogen (secondary N) is 1. The van der Waals surface area contributed by atoms with Gasteiger partial charge in [0.2, 0.25) is 5.91 Å². The molecule has 0 aromatic heterocycles. The third-order valence-corrected chi connectivity index (χ3v) is 3.35. The second kappa shape index (κ2) is 7.28. The molecule has 104 valence electrons. The van der Waals surface area contributed by atoms with Gasteiger partial charge in [-0.25, -0.2) is 0 Å². The molecular formula is C15H18N4O. The highest BCUT2D eigenvalue weighted by molar-refractivity contribution is 5.94. The van der Waals surface area contributed by atoms with E-state index in [0.29, 0.717) is 17.7 Å². The summed E-state index contributed by atoms with van der Waals surface area (Å²) in [4.78, 5) is 14.0. The molecule has 0 aliphatic rings. The van der Waals surface area contributed by atoms with Gasteiger partial charge >= 0.3 is 0 Å². The zero-order chi connectivity index (χ0) is 15.1. The summed E-state index contributed by atoms with van der Waals surface area (Å²) in [6, 6.07) is 10.5. The Labute approximate surface area is 119 Å². The highest BCUT2D eigenvalue weighted by Gasteiger charge is 2.22. The molecule has 1 aromatic carbocycles. The molecule has 0 spiro atoms. The first-order valence-electron chi connectivity index (χ1n) is 6.39. The zero-order valence-corrected chi connectivity index (χ0v) is 11.9. The molecule has 0 saturated heterocycles. The summed E-state index contributed by atoms with van der Waals surface area (Å²) in [7, 11) is 1.82. The topological polar surface area (TPSA) is 79.9 Å². The Kier molecular flexibility index (Phi) is 5.71. The van der Waals surface area contributed by atoms with Crippen LogP contribution >= 0.6 is 0 Å². The molecule has 0 aliphatic carbocycles. The minimum Gasteiger partial charge on any atom is -0.325 e. The third kappa shape index (κ3) is 4.08. The van der Waals surface area contributed by atoms with Gasteiger partial charge in [-0.05, 0) is 45.2 Å². The van der Waals surface area contributed by atoms with Gasteiger partial charge < -0.3 is 5.32 Å². The first-order chi connectivity index (χ1) is 9.49. The highest BCUT2D eigenvalue weighted by atomic mass is 16.2. The molecule has 2 unspecified atom stereocenters. The van der Waals surface area contributed by atoms with Crippen LogP contribution in [0.2, 0.25) is 0 Å². The fourth-order valence-corrected chi connectivity index (χ4v) is 1.72. The molecule has 5 heteroatoms. The van der Waals surface area contributed by atoms with Crippen molar-refractivity contribution in [2.75, 3.05) is 12.4 Å². The number of nitrogens with zero attached hydrogens (tertiary/aromatic N) is 3. The monoisotopic (exact) mass is 270 g/mol. The van der Waals surface area contributed by atoms with Crippen LogP contribution in [0, 0.1) is 22.7 Å². The molecule has 1 amide bonds. The lowest BCUT2D eigenvalue weighted by Gasteiger charge is -2.28. The average Bonchev–Trinajstić information content (AvgIpc) is 2.46. The Balaban J connectivity index is 2.65. The van der Waals surface area contributed by atoms with Crippen LogP contribution in [-0.4, -0.2) is 29.9 Å². The molecule has 2 atom stereocenters. The lowest BCUT2D eigenvalue weighted by Crippen LogP contribution is -2.44. The van der Waals surface area contributed by atoms with E-state index in [4.69, 9.17) is 10.5 Å². The highest BCUT2D eigenvalue weighted by Crippen LogP contribution is 2.12. The first-order valence-corrected chi connectivity index (χ1v) is 6.39. The molecule has 1 rings (SSSR count). The van der Waals surface area contributed by atoms with E-state index in [1.165, 1.54) is 0 Å². The van der Waals surface area contributed by atoms with Crippen molar-refractivity contribution < 1.29 is 4.79 Å². The Hall–Kier alpha value is -2.37. The van der Waals surface area contributed by atoms with Crippen LogP contribution in [0.25, 0.3) is 0 Å². The predicted octanol–water partition coefficient (Wildman–Crippen LogP) is 2.12. The summed E-state index contributed by atoms with van der Waals surface area (Å²) < 4.78 is 0. The second-order valence-corrected chi connectivity index (χ2v) is 4.73. The van der Waals surface area contributed by atoms with Crippen LogP contribution in [0.5, 0.6) is 0 Å². The van der Waals surface area contributed by atoms with Gasteiger partial charge in [0.15, 0.2) is 0 Å². The van der Waals surface area contributed by atoms with Gasteiger partial charge in [0.1, 0.15) is 0 Å². The van der Waals surface area contributed by atoms with Crippen LogP contribution in [0.1, 0.15) is 25.8 Å². The molecule has 0 saturated carbocycles. The van der Waals surface area contributed by atoms with Crippen molar-refractivity contribution >= 4 is 11.6 Å². The van der Waals surface area contributed by atoms with Crippen molar-refractivity contribution in [2.45, 2.75) is 32.4 Å². The van der Waals surface area contributed by atoms with Crippen molar-refractivity contribution in [2.24, 2.45) is 0 Å². The molecule has 1 aromatic rings. The Morgan fingerprint density at radius 3 is 2.40 bits per heavy atom. The van der Waals surface area contributed by atoms with Crippen LogP contribution < -0.4 is 5.32 Å². The number of likely N-dealkylation sites (N-methyl/N-ethyl adjacent to an activating group) is 1. The molecule has 1 N–H and O–H groups in total. The number of benzene rings is 1. The number of hydrogen-bond acceptors (Lipinski definition) is 4. The second-order valence-electron chi connectivity index (χ2n) is 4.73. The lowest BCUT2D eigenvalue weighted by molar-refractivity contribution is -0.120. The summed E-state index contributed by atoms with van der Waals surface area (Å²) in [5.74, 6) is -0.137. The van der Waals surface area contributed by atoms with Crippen molar-refractivity contribution in [1.29, 1.82) is 10.5 Å². The van der Waals surface area contributed by atoms with E-state index in [9.17, 15) is 4.79 Å². The molecule has 0 aliphatic heterocycles. The first kappa shape index (κ1) is 15.7. The maximum Gasteiger partial charge on any atom is 0.241 e. The standard InChI is InChI=1S/C15H18N4O/c1-11(8-9-16)19(3)12(2)15(20)18-14-6-4-13(10-17)5-7-14/h4-7,11-12H,8H2,1-3H3,(H,18,20). The molecule has 20 heavy (non-hydrogen) atoms. The molecule has 0 radical (unpaired) electrons. The zero-order valence-electron chi connectivity index (χ0n) is 11.9. The maximum absolute atomic E-state index is 12.1. The van der Waals surface area contributed by atoms with E-state index in [2.05, 4.69) is 11.4 Å². The SMILES string of the molecule is CC(CC#N)N(C)C(C)C(=O)Nc1ccc(C#N)cc1. The van der Waals surface area contributed by atoms with E-state index < -0.39 is 0 Å². The number of amides is 1. The van der Waals surface area contributed by atoms with Gasteiger partial charge in [0.25, 0.3) is 0 Å². The van der Waals surface area contributed by atoms with Gasteiger partial charge in [-0.15, -0.1) is 0 Å². The van der Waals surface area contributed by atoms with Gasteiger partial charge in [0, 0.05) is 11.7 Å². The minimum atomic E-state index is -0.339. The number of carbonyl (C=O) groups is 1. The van der Waals surface area contributed by atoms with Crippen molar-refractivity contribution in [3.8, 4) is 12.1 Å². The summed E-state index contributed by atoms with van der Waals surface area (Å²) >= 11 is 0. The van der Waals surface area contributed by atoms with Gasteiger partial charge in [-0.1, -0.05) is 0 Å². The van der Waals surface area contributed by atoms with Crippen LogP contribution in [0.3, 0.4) is 0 Å². The van der Waals surface area contributed by atoms with E-state index in [1.807, 2.05) is 24.9 Å². The summed E-state index contributed by atoms with van der Waals surface area (Å²) in [5, 5.41) is 20.2. The average molecular weight is 270 g/mol. The normalized spacial score (nSPS) is 13.1. The maximum atomic E-state index is 12.1. The fraction of sp³-hybridized carbons (Fsp3) is 0.400. The van der Waals surface area contributed by atoms with Gasteiger partial charge in [-0.3, -0.25) is 9.69 Å². The molecular weight excluding hydrogens is 252 g/mol. The largest absolute Gasteiger partial charge is 0.325 e. The van der Waals surface area contributed by atoms with Crippen molar-refractivity contribution in [3.05, 3.63) is 29.8 Å². The van der Waals surface area contributed by atoms with Crippen LogP contribution in [0.4, 0.5) is 5.69 Å². The van der Waals surface area contributed by atoms with Crippen LogP contribution in [0.15, 0.2) is 24.3 Å². The summed E-state index contributed by atoms with van der Waals surface area (Å²) in [6.07, 6.45) is 0.380. The van der Waals surface area contributed by atoms with Crippen LogP contribution in [-0.2, 0) is 4.79 Å². The number of anilines is 1. The number of rotatable bonds is 5. The number of carbonyl (C=O) groups excluding carboxylic acids is 1. The molecule has 0 fully saturated rings. The summed E-state index contributed by atoms with van der Waals surface area (Å²) in [6.45, 7) is 3.71.